The zero-order valence-corrected chi connectivity index (χ0v) is 12.2. The van der Waals surface area contributed by atoms with Crippen molar-refractivity contribution in [3.63, 3.8) is 0 Å². The third-order valence-corrected chi connectivity index (χ3v) is 4.13. The van der Waals surface area contributed by atoms with E-state index in [1.165, 1.54) is 4.88 Å². The molecule has 2 rings (SSSR count). The van der Waals surface area contributed by atoms with E-state index < -0.39 is 6.61 Å². The van der Waals surface area contributed by atoms with E-state index in [0.717, 1.165) is 5.56 Å². The highest BCUT2D eigenvalue weighted by Gasteiger charge is 2.17. The van der Waals surface area contributed by atoms with Gasteiger partial charge in [-0.2, -0.15) is 8.78 Å². The molecule has 2 atom stereocenters. The highest BCUT2D eigenvalue weighted by atomic mass is 32.1. The molecule has 0 aliphatic carbocycles. The Morgan fingerprint density at radius 1 is 1.05 bits per heavy atom. The second-order valence-electron chi connectivity index (χ2n) is 4.54. The summed E-state index contributed by atoms with van der Waals surface area (Å²) >= 11 is 1.67. The quantitative estimate of drug-likeness (QED) is 0.830. The highest BCUT2D eigenvalue weighted by Crippen LogP contribution is 2.29. The summed E-state index contributed by atoms with van der Waals surface area (Å²) in [6.07, 6.45) is 0. The lowest BCUT2D eigenvalue weighted by atomic mass is 10.1. The number of nitrogens with one attached hydrogen (secondary N) is 1. The maximum absolute atomic E-state index is 12.4. The Bertz CT molecular complexity index is 530. The first-order valence-corrected chi connectivity index (χ1v) is 7.29. The van der Waals surface area contributed by atoms with Gasteiger partial charge in [-0.15, -0.1) is 11.3 Å². The second kappa shape index (κ2) is 6.81. The van der Waals surface area contributed by atoms with Crippen LogP contribution in [0.4, 0.5) is 8.78 Å². The van der Waals surface area contributed by atoms with Gasteiger partial charge >= 0.3 is 6.61 Å². The number of rotatable bonds is 6. The number of para-hydroxylation sites is 1. The zero-order valence-electron chi connectivity index (χ0n) is 11.3. The van der Waals surface area contributed by atoms with Crippen molar-refractivity contribution in [2.24, 2.45) is 0 Å². The third kappa shape index (κ3) is 3.77. The summed E-state index contributed by atoms with van der Waals surface area (Å²) in [6, 6.07) is 11.0. The van der Waals surface area contributed by atoms with Crippen LogP contribution in [0.25, 0.3) is 0 Å². The van der Waals surface area contributed by atoms with Crippen LogP contribution in [0, 0.1) is 0 Å². The van der Waals surface area contributed by atoms with E-state index in [2.05, 4.69) is 23.0 Å². The molecule has 20 heavy (non-hydrogen) atoms. The molecule has 1 N–H and O–H groups in total. The van der Waals surface area contributed by atoms with Crippen LogP contribution >= 0.6 is 11.3 Å². The maximum Gasteiger partial charge on any atom is 0.387 e. The zero-order chi connectivity index (χ0) is 14.5. The summed E-state index contributed by atoms with van der Waals surface area (Å²) in [5.74, 6) is 0.223. The molecule has 0 fully saturated rings. The molecule has 2 nitrogen and oxygen atoms in total. The lowest BCUT2D eigenvalue weighted by molar-refractivity contribution is -0.0506. The molecule has 2 aromatic rings. The molecule has 108 valence electrons. The average Bonchev–Trinajstić information content (AvgIpc) is 2.92. The maximum atomic E-state index is 12.4. The molecular weight excluding hydrogens is 280 g/mol. The summed E-state index contributed by atoms with van der Waals surface area (Å²) in [5, 5.41) is 5.42. The summed E-state index contributed by atoms with van der Waals surface area (Å²) < 4.78 is 29.4. The Balaban J connectivity index is 2.10. The van der Waals surface area contributed by atoms with Crippen molar-refractivity contribution >= 4 is 11.3 Å². The topological polar surface area (TPSA) is 21.3 Å². The smallest absolute Gasteiger partial charge is 0.387 e. The second-order valence-corrected chi connectivity index (χ2v) is 5.52. The Kier molecular flexibility index (Phi) is 5.09. The van der Waals surface area contributed by atoms with E-state index in [1.807, 2.05) is 24.4 Å². The third-order valence-electron chi connectivity index (χ3n) is 3.07. The van der Waals surface area contributed by atoms with Crippen molar-refractivity contribution in [3.05, 3.63) is 52.2 Å². The average molecular weight is 297 g/mol. The first kappa shape index (κ1) is 14.9. The van der Waals surface area contributed by atoms with Crippen LogP contribution in [0.5, 0.6) is 5.75 Å². The molecule has 5 heteroatoms. The van der Waals surface area contributed by atoms with Gasteiger partial charge in [-0.1, -0.05) is 24.3 Å². The Morgan fingerprint density at radius 3 is 2.45 bits per heavy atom. The highest BCUT2D eigenvalue weighted by molar-refractivity contribution is 7.10. The minimum Gasteiger partial charge on any atom is -0.434 e. The standard InChI is InChI=1S/C15H17F2NOS/c1-10(18-11(2)14-8-5-9-20-14)12-6-3-4-7-13(12)19-15(16)17/h3-11,15,18H,1-2H3/t10?,11-/m1/s1. The van der Waals surface area contributed by atoms with Gasteiger partial charge in [-0.3, -0.25) is 0 Å². The number of benzene rings is 1. The predicted octanol–water partition coefficient (Wildman–Crippen LogP) is 4.76. The molecular formula is C15H17F2NOS. The van der Waals surface area contributed by atoms with Crippen molar-refractivity contribution in [3.8, 4) is 5.75 Å². The van der Waals surface area contributed by atoms with Crippen LogP contribution in [-0.2, 0) is 0 Å². The van der Waals surface area contributed by atoms with Crippen LogP contribution in [0.2, 0.25) is 0 Å². The van der Waals surface area contributed by atoms with E-state index in [1.54, 1.807) is 29.5 Å². The van der Waals surface area contributed by atoms with Crippen molar-refractivity contribution < 1.29 is 13.5 Å². The van der Waals surface area contributed by atoms with Gasteiger partial charge in [-0.25, -0.2) is 0 Å². The molecule has 0 saturated heterocycles. The van der Waals surface area contributed by atoms with Crippen molar-refractivity contribution in [1.82, 2.24) is 5.32 Å². The van der Waals surface area contributed by atoms with Gasteiger partial charge in [0.05, 0.1) is 0 Å². The fourth-order valence-electron chi connectivity index (χ4n) is 2.13. The lowest BCUT2D eigenvalue weighted by Gasteiger charge is -2.21. The van der Waals surface area contributed by atoms with Crippen molar-refractivity contribution in [2.75, 3.05) is 0 Å². The molecule has 1 heterocycles. The largest absolute Gasteiger partial charge is 0.434 e. The SMILES string of the molecule is CC(N[C@H](C)c1cccs1)c1ccccc1OC(F)F. The molecule has 0 spiro atoms. The Labute approximate surface area is 121 Å². The molecule has 1 unspecified atom stereocenters. The minimum absolute atomic E-state index is 0.0814. The van der Waals surface area contributed by atoms with Crippen molar-refractivity contribution in [2.45, 2.75) is 32.5 Å². The van der Waals surface area contributed by atoms with E-state index >= 15 is 0 Å². The molecule has 0 aliphatic rings. The first-order chi connectivity index (χ1) is 9.58. The summed E-state index contributed by atoms with van der Waals surface area (Å²) in [4.78, 5) is 1.21. The van der Waals surface area contributed by atoms with Gasteiger partial charge in [-0.05, 0) is 31.4 Å². The van der Waals surface area contributed by atoms with Gasteiger partial charge < -0.3 is 10.1 Å². The number of alkyl halides is 2. The fourth-order valence-corrected chi connectivity index (χ4v) is 2.87. The van der Waals surface area contributed by atoms with Gasteiger partial charge in [0.25, 0.3) is 0 Å². The molecule has 1 aromatic carbocycles. The Hall–Kier alpha value is -1.46. The summed E-state index contributed by atoms with van der Waals surface area (Å²) in [6.45, 7) is 1.19. The Morgan fingerprint density at radius 2 is 1.80 bits per heavy atom. The molecule has 0 bridgehead atoms. The normalized spacial score (nSPS) is 14.2. The van der Waals surface area contributed by atoms with Gasteiger partial charge in [0.15, 0.2) is 0 Å². The van der Waals surface area contributed by atoms with Crippen molar-refractivity contribution in [1.29, 1.82) is 0 Å². The van der Waals surface area contributed by atoms with Crippen LogP contribution in [0.3, 0.4) is 0 Å². The molecule has 1 aromatic heterocycles. The number of thiophene rings is 1. The number of halogens is 2. The van der Waals surface area contributed by atoms with Crippen LogP contribution in [-0.4, -0.2) is 6.61 Å². The van der Waals surface area contributed by atoms with Crippen LogP contribution < -0.4 is 10.1 Å². The van der Waals surface area contributed by atoms with Crippen LogP contribution in [0.15, 0.2) is 41.8 Å². The van der Waals surface area contributed by atoms with E-state index in [4.69, 9.17) is 0 Å². The summed E-state index contributed by atoms with van der Waals surface area (Å²) in [5.41, 5.74) is 0.733. The number of ether oxygens (including phenoxy) is 1. The monoisotopic (exact) mass is 297 g/mol. The van der Waals surface area contributed by atoms with Gasteiger partial charge in [0, 0.05) is 22.5 Å². The number of hydrogen-bond donors (Lipinski definition) is 1. The lowest BCUT2D eigenvalue weighted by Crippen LogP contribution is -2.22. The predicted molar refractivity (Wildman–Crippen MR) is 77.4 cm³/mol. The van der Waals surface area contributed by atoms with E-state index in [9.17, 15) is 8.78 Å². The fraction of sp³-hybridized carbons (Fsp3) is 0.333. The first-order valence-electron chi connectivity index (χ1n) is 6.41. The van der Waals surface area contributed by atoms with E-state index in [-0.39, 0.29) is 17.8 Å². The minimum atomic E-state index is -2.81. The summed E-state index contributed by atoms with van der Waals surface area (Å²) in [7, 11) is 0. The van der Waals surface area contributed by atoms with E-state index in [0.29, 0.717) is 0 Å². The van der Waals surface area contributed by atoms with Gasteiger partial charge in [0.2, 0.25) is 0 Å². The molecule has 0 saturated carbocycles. The van der Waals surface area contributed by atoms with Crippen LogP contribution in [0.1, 0.15) is 36.4 Å². The van der Waals surface area contributed by atoms with Gasteiger partial charge in [0.1, 0.15) is 5.75 Å². The molecule has 0 aliphatic heterocycles. The molecule has 0 amide bonds. The molecule has 0 radical (unpaired) electrons. The number of hydrogen-bond acceptors (Lipinski definition) is 3.